The van der Waals surface area contributed by atoms with Gasteiger partial charge in [0.15, 0.2) is 5.58 Å². The fraction of sp³-hybridized carbons (Fsp3) is 0.125. The molecule has 3 heterocycles. The number of anilines is 1. The first-order valence-corrected chi connectivity index (χ1v) is 7.42. The van der Waals surface area contributed by atoms with Gasteiger partial charge < -0.3 is 14.4 Å². The van der Waals surface area contributed by atoms with Crippen LogP contribution in [0.3, 0.4) is 0 Å². The smallest absolute Gasteiger partial charge is 0.347 e. The van der Waals surface area contributed by atoms with E-state index in [4.69, 9.17) is 4.42 Å². The number of aromatic nitrogens is 1. The van der Waals surface area contributed by atoms with Crippen molar-refractivity contribution in [3.63, 3.8) is 0 Å². The van der Waals surface area contributed by atoms with Crippen molar-refractivity contribution in [2.24, 2.45) is 0 Å². The summed E-state index contributed by atoms with van der Waals surface area (Å²) in [7, 11) is 1.96. The van der Waals surface area contributed by atoms with E-state index in [1.165, 1.54) is 11.3 Å². The van der Waals surface area contributed by atoms with E-state index in [1.807, 2.05) is 31.4 Å². The van der Waals surface area contributed by atoms with Gasteiger partial charge in [-0.05, 0) is 17.7 Å². The van der Waals surface area contributed by atoms with E-state index < -0.39 is 5.63 Å². The zero-order valence-electron chi connectivity index (χ0n) is 11.9. The summed E-state index contributed by atoms with van der Waals surface area (Å²) in [6.07, 6.45) is 3.55. The van der Waals surface area contributed by atoms with Crippen molar-refractivity contribution in [2.75, 3.05) is 11.9 Å². The monoisotopic (exact) mass is 314 g/mol. The molecule has 0 radical (unpaired) electrons. The van der Waals surface area contributed by atoms with Crippen LogP contribution in [-0.2, 0) is 6.54 Å². The molecule has 0 spiro atoms. The number of thiophene rings is 1. The van der Waals surface area contributed by atoms with Crippen molar-refractivity contribution in [1.82, 2.24) is 4.98 Å². The minimum Gasteiger partial charge on any atom is -0.508 e. The highest BCUT2D eigenvalue weighted by Crippen LogP contribution is 2.32. The van der Waals surface area contributed by atoms with Crippen molar-refractivity contribution in [3.05, 3.63) is 64.8 Å². The van der Waals surface area contributed by atoms with Crippen LogP contribution in [0.1, 0.15) is 11.1 Å². The van der Waals surface area contributed by atoms with Crippen LogP contribution in [0.25, 0.3) is 16.0 Å². The number of hydrogen-bond acceptors (Lipinski definition) is 6. The highest BCUT2D eigenvalue weighted by molar-refractivity contribution is 7.22. The van der Waals surface area contributed by atoms with Crippen molar-refractivity contribution in [3.8, 4) is 0 Å². The minimum absolute atomic E-state index is 0.0933. The first kappa shape index (κ1) is 14.3. The van der Waals surface area contributed by atoms with E-state index in [1.54, 1.807) is 12.3 Å². The van der Waals surface area contributed by atoms with Crippen LogP contribution in [0.2, 0.25) is 0 Å². The standard InChI is InChI=1S/C16H14N2O3S/c1-10(19)12-6-14-13(21-16(12)20)7-15(22-14)18(2)9-11-4-3-5-17-8-11/h3-8,19H,1,9H2,2H3. The van der Waals surface area contributed by atoms with Gasteiger partial charge in [-0.15, -0.1) is 11.3 Å². The van der Waals surface area contributed by atoms with E-state index in [0.717, 1.165) is 15.3 Å². The fourth-order valence-corrected chi connectivity index (χ4v) is 3.12. The van der Waals surface area contributed by atoms with Crippen LogP contribution in [0.15, 0.2) is 52.4 Å². The Kier molecular flexibility index (Phi) is 3.68. The third kappa shape index (κ3) is 2.73. The molecule has 5 nitrogen and oxygen atoms in total. The maximum atomic E-state index is 11.7. The van der Waals surface area contributed by atoms with Crippen molar-refractivity contribution >= 4 is 32.4 Å². The zero-order valence-corrected chi connectivity index (χ0v) is 12.8. The molecule has 0 saturated heterocycles. The molecule has 6 heteroatoms. The van der Waals surface area contributed by atoms with Crippen LogP contribution >= 0.6 is 11.3 Å². The summed E-state index contributed by atoms with van der Waals surface area (Å²) in [6, 6.07) is 7.33. The third-order valence-corrected chi connectivity index (χ3v) is 4.42. The normalized spacial score (nSPS) is 10.8. The topological polar surface area (TPSA) is 66.6 Å². The second-order valence-corrected chi connectivity index (χ2v) is 5.99. The third-order valence-electron chi connectivity index (χ3n) is 3.24. The fourth-order valence-electron chi connectivity index (χ4n) is 2.13. The van der Waals surface area contributed by atoms with Crippen molar-refractivity contribution in [1.29, 1.82) is 0 Å². The first-order valence-electron chi connectivity index (χ1n) is 6.60. The average Bonchev–Trinajstić information content (AvgIpc) is 2.90. The van der Waals surface area contributed by atoms with Gasteiger partial charge in [0, 0.05) is 32.1 Å². The summed E-state index contributed by atoms with van der Waals surface area (Å²) in [4.78, 5) is 17.9. The largest absolute Gasteiger partial charge is 0.508 e. The molecule has 3 aromatic heterocycles. The Morgan fingerprint density at radius 1 is 1.50 bits per heavy atom. The highest BCUT2D eigenvalue weighted by Gasteiger charge is 2.13. The van der Waals surface area contributed by atoms with Gasteiger partial charge in [-0.1, -0.05) is 12.6 Å². The Labute approximate surface area is 130 Å². The summed E-state index contributed by atoms with van der Waals surface area (Å²) >= 11 is 1.49. The Morgan fingerprint density at radius 3 is 3.00 bits per heavy atom. The lowest BCUT2D eigenvalue weighted by molar-refractivity contribution is 0.499. The molecule has 0 amide bonds. The molecule has 0 bridgehead atoms. The number of aliphatic hydroxyl groups excluding tert-OH is 1. The molecule has 112 valence electrons. The molecule has 22 heavy (non-hydrogen) atoms. The number of aliphatic hydroxyl groups is 1. The summed E-state index contributed by atoms with van der Waals surface area (Å²) in [5, 5.41) is 10.4. The van der Waals surface area contributed by atoms with Crippen LogP contribution < -0.4 is 10.5 Å². The zero-order chi connectivity index (χ0) is 15.7. The predicted molar refractivity (Wildman–Crippen MR) is 88.4 cm³/mol. The van der Waals surface area contributed by atoms with Crippen LogP contribution in [-0.4, -0.2) is 17.1 Å². The van der Waals surface area contributed by atoms with E-state index in [0.29, 0.717) is 12.1 Å². The Morgan fingerprint density at radius 2 is 2.32 bits per heavy atom. The number of pyridine rings is 1. The molecule has 0 aliphatic rings. The highest BCUT2D eigenvalue weighted by atomic mass is 32.1. The molecule has 0 unspecified atom stereocenters. The van der Waals surface area contributed by atoms with Gasteiger partial charge in [0.05, 0.1) is 9.70 Å². The lowest BCUT2D eigenvalue weighted by Gasteiger charge is -2.16. The summed E-state index contributed by atoms with van der Waals surface area (Å²) in [5.41, 5.74) is 1.11. The molecule has 0 aromatic carbocycles. The summed E-state index contributed by atoms with van der Waals surface area (Å²) in [6.45, 7) is 4.07. The van der Waals surface area contributed by atoms with E-state index >= 15 is 0 Å². The van der Waals surface area contributed by atoms with E-state index in [9.17, 15) is 9.90 Å². The van der Waals surface area contributed by atoms with Gasteiger partial charge in [-0.25, -0.2) is 4.79 Å². The van der Waals surface area contributed by atoms with Gasteiger partial charge in [0.1, 0.15) is 11.3 Å². The molecule has 1 N–H and O–H groups in total. The Bertz CT molecular complexity index is 883. The molecule has 3 rings (SSSR count). The summed E-state index contributed by atoms with van der Waals surface area (Å²) in [5.74, 6) is -0.283. The van der Waals surface area contributed by atoms with Gasteiger partial charge in [-0.2, -0.15) is 0 Å². The molecular weight excluding hydrogens is 300 g/mol. The van der Waals surface area contributed by atoms with Crippen molar-refractivity contribution in [2.45, 2.75) is 6.54 Å². The average molecular weight is 314 g/mol. The molecule has 0 aliphatic carbocycles. The maximum Gasteiger partial charge on any atom is 0.347 e. The number of hydrogen-bond donors (Lipinski definition) is 1. The number of fused-ring (bicyclic) bond motifs is 1. The lowest BCUT2D eigenvalue weighted by Crippen LogP contribution is -2.14. The number of nitrogens with zero attached hydrogens (tertiary/aromatic N) is 2. The quantitative estimate of drug-likeness (QED) is 0.747. The molecule has 0 atom stereocenters. The van der Waals surface area contributed by atoms with Crippen LogP contribution in [0, 0.1) is 0 Å². The second-order valence-electron chi connectivity index (χ2n) is 4.92. The SMILES string of the molecule is C=C(O)c1cc2sc(N(C)Cc3cccnc3)cc2oc1=O. The predicted octanol–water partition coefficient (Wildman–Crippen LogP) is 3.41. The van der Waals surface area contributed by atoms with Gasteiger partial charge in [-0.3, -0.25) is 4.98 Å². The molecule has 3 aromatic rings. The lowest BCUT2D eigenvalue weighted by atomic mass is 10.2. The molecule has 0 fully saturated rings. The summed E-state index contributed by atoms with van der Waals surface area (Å²) < 4.78 is 6.02. The van der Waals surface area contributed by atoms with Gasteiger partial charge in [0.25, 0.3) is 0 Å². The van der Waals surface area contributed by atoms with Crippen molar-refractivity contribution < 1.29 is 9.52 Å². The molecule has 0 saturated carbocycles. The number of rotatable bonds is 4. The maximum absolute atomic E-state index is 11.7. The van der Waals surface area contributed by atoms with E-state index in [2.05, 4.69) is 16.5 Å². The van der Waals surface area contributed by atoms with E-state index in [-0.39, 0.29) is 11.3 Å². The van der Waals surface area contributed by atoms with Crippen LogP contribution in [0.4, 0.5) is 5.00 Å². The van der Waals surface area contributed by atoms with Gasteiger partial charge >= 0.3 is 5.63 Å². The second kappa shape index (κ2) is 5.65. The Balaban J connectivity index is 1.94. The Hall–Kier alpha value is -2.60. The minimum atomic E-state index is -0.584. The van der Waals surface area contributed by atoms with Gasteiger partial charge in [0.2, 0.25) is 0 Å². The van der Waals surface area contributed by atoms with Crippen LogP contribution in [0.5, 0.6) is 0 Å². The first-order chi connectivity index (χ1) is 10.5. The molecular formula is C16H14N2O3S. The molecule has 0 aliphatic heterocycles.